The molecular weight excluding hydrogens is 412 g/mol. The highest BCUT2D eigenvalue weighted by Gasteiger charge is 2.35. The van der Waals surface area contributed by atoms with Crippen LogP contribution in [0, 0.1) is 6.92 Å². The third kappa shape index (κ3) is 2.67. The fraction of sp³-hybridized carbons (Fsp3) is 0.100. The van der Waals surface area contributed by atoms with Crippen molar-refractivity contribution in [1.29, 1.82) is 0 Å². The number of carbonyl (C=O) groups excluding carboxylic acids is 2. The maximum absolute atomic E-state index is 13.2. The summed E-state index contributed by atoms with van der Waals surface area (Å²) in [5.74, 6) is -0.795. The molecule has 1 heterocycles. The zero-order valence-electron chi connectivity index (χ0n) is 14.6. The molecule has 4 rings (SSSR count). The first kappa shape index (κ1) is 17.8. The molecule has 0 saturated carbocycles. The third-order valence-electron chi connectivity index (χ3n) is 4.69. The fourth-order valence-corrected chi connectivity index (χ4v) is 3.85. The van der Waals surface area contributed by atoms with Gasteiger partial charge in [-0.2, -0.15) is 10.0 Å². The zero-order valence-corrected chi connectivity index (χ0v) is 16.2. The topological polar surface area (TPSA) is 71.3 Å². The summed E-state index contributed by atoms with van der Waals surface area (Å²) in [6.45, 7) is 1.91. The Bertz CT molecular complexity index is 1110. The van der Waals surface area contributed by atoms with Crippen molar-refractivity contribution >= 4 is 49.9 Å². The number of benzene rings is 3. The summed E-state index contributed by atoms with van der Waals surface area (Å²) < 4.78 is 0.874. The summed E-state index contributed by atoms with van der Waals surface area (Å²) in [6, 6.07) is 13.7. The van der Waals surface area contributed by atoms with Gasteiger partial charge >= 0.3 is 0 Å². The fourth-order valence-electron chi connectivity index (χ4n) is 3.40. The SMILES string of the molecule is CO[NH+](O)c1cccc(N2C(=O)c3cccc4c(Br)c(C)cc(c34)C2=O)c1. The van der Waals surface area contributed by atoms with Gasteiger partial charge in [0.2, 0.25) is 0 Å². The molecule has 6 nitrogen and oxygen atoms in total. The van der Waals surface area contributed by atoms with E-state index in [1.807, 2.05) is 13.0 Å². The number of nitrogens with one attached hydrogen (secondary N) is 1. The monoisotopic (exact) mass is 427 g/mol. The average molecular weight is 428 g/mol. The Morgan fingerprint density at radius 1 is 1.04 bits per heavy atom. The van der Waals surface area contributed by atoms with Crippen LogP contribution >= 0.6 is 15.9 Å². The Morgan fingerprint density at radius 3 is 2.48 bits per heavy atom. The molecular formula is C20H16BrN2O4+. The first-order valence-corrected chi connectivity index (χ1v) is 9.04. The van der Waals surface area contributed by atoms with E-state index in [9.17, 15) is 14.8 Å². The minimum atomic E-state index is -0.400. The first-order valence-electron chi connectivity index (χ1n) is 8.25. The number of hydrogen-bond acceptors (Lipinski definition) is 4. The van der Waals surface area contributed by atoms with Crippen LogP contribution in [0.1, 0.15) is 26.3 Å². The minimum absolute atomic E-state index is 0.281. The van der Waals surface area contributed by atoms with Crippen LogP contribution in [-0.2, 0) is 4.84 Å². The number of quaternary nitrogens is 1. The van der Waals surface area contributed by atoms with Gasteiger partial charge in [-0.15, -0.1) is 0 Å². The highest BCUT2D eigenvalue weighted by molar-refractivity contribution is 9.10. The van der Waals surface area contributed by atoms with Gasteiger partial charge in [-0.1, -0.05) is 18.2 Å². The number of rotatable bonds is 3. The highest BCUT2D eigenvalue weighted by Crippen LogP contribution is 2.38. The zero-order chi connectivity index (χ0) is 19.3. The molecule has 0 radical (unpaired) electrons. The molecule has 1 atom stereocenters. The van der Waals surface area contributed by atoms with Gasteiger partial charge in [0.15, 0.2) is 5.69 Å². The van der Waals surface area contributed by atoms with Gasteiger partial charge < -0.3 is 0 Å². The van der Waals surface area contributed by atoms with E-state index in [1.54, 1.807) is 42.5 Å². The van der Waals surface area contributed by atoms with Crippen molar-refractivity contribution in [2.24, 2.45) is 0 Å². The Kier molecular flexibility index (Phi) is 4.32. The molecule has 1 unspecified atom stereocenters. The molecule has 3 aromatic rings. The van der Waals surface area contributed by atoms with Crippen molar-refractivity contribution in [3.05, 3.63) is 69.7 Å². The van der Waals surface area contributed by atoms with Crippen LogP contribution in [0.3, 0.4) is 0 Å². The summed E-state index contributed by atoms with van der Waals surface area (Å²) in [5.41, 5.74) is 2.61. The van der Waals surface area contributed by atoms with Crippen LogP contribution in [0.2, 0.25) is 0 Å². The number of aryl methyl sites for hydroxylation is 1. The van der Waals surface area contributed by atoms with Gasteiger partial charge in [0, 0.05) is 33.1 Å². The molecule has 2 amide bonds. The van der Waals surface area contributed by atoms with Gasteiger partial charge in [0.1, 0.15) is 7.11 Å². The number of nitrogens with zero attached hydrogens (tertiary/aromatic N) is 1. The molecule has 1 aliphatic heterocycles. The Labute approximate surface area is 163 Å². The van der Waals surface area contributed by atoms with Crippen molar-refractivity contribution in [3.8, 4) is 0 Å². The molecule has 136 valence electrons. The second-order valence-corrected chi connectivity index (χ2v) is 7.08. The molecule has 0 aromatic heterocycles. The second kappa shape index (κ2) is 6.54. The van der Waals surface area contributed by atoms with E-state index in [1.165, 1.54) is 7.11 Å². The van der Waals surface area contributed by atoms with Gasteiger partial charge in [-0.3, -0.25) is 9.59 Å². The first-order chi connectivity index (χ1) is 12.9. The number of carbonyl (C=O) groups is 2. The molecule has 27 heavy (non-hydrogen) atoms. The Hall–Kier alpha value is -2.58. The number of hydrogen-bond donors (Lipinski definition) is 2. The summed E-state index contributed by atoms with van der Waals surface area (Å²) in [7, 11) is 1.34. The molecule has 1 aliphatic rings. The highest BCUT2D eigenvalue weighted by atomic mass is 79.9. The molecule has 7 heteroatoms. The molecule has 0 bridgehead atoms. The van der Waals surface area contributed by atoms with Crippen molar-refractivity contribution in [3.63, 3.8) is 0 Å². The molecule has 0 saturated heterocycles. The molecule has 0 fully saturated rings. The number of amides is 2. The van der Waals surface area contributed by atoms with E-state index < -0.39 is 11.8 Å². The lowest BCUT2D eigenvalue weighted by Gasteiger charge is -2.28. The maximum Gasteiger partial charge on any atom is 0.265 e. The third-order valence-corrected chi connectivity index (χ3v) is 5.74. The second-order valence-electron chi connectivity index (χ2n) is 6.29. The van der Waals surface area contributed by atoms with E-state index in [2.05, 4.69) is 15.9 Å². The van der Waals surface area contributed by atoms with Gasteiger partial charge in [0.25, 0.3) is 11.8 Å². The van der Waals surface area contributed by atoms with Crippen LogP contribution in [0.25, 0.3) is 10.8 Å². The number of halogens is 1. The van der Waals surface area contributed by atoms with Gasteiger partial charge in [0.05, 0.1) is 5.69 Å². The van der Waals surface area contributed by atoms with E-state index >= 15 is 0 Å². The predicted octanol–water partition coefficient (Wildman–Crippen LogP) is 3.18. The minimum Gasteiger partial charge on any atom is -0.268 e. The summed E-state index contributed by atoms with van der Waals surface area (Å²) in [4.78, 5) is 32.3. The van der Waals surface area contributed by atoms with E-state index in [0.717, 1.165) is 20.3 Å². The van der Waals surface area contributed by atoms with Crippen LogP contribution in [-0.4, -0.2) is 24.1 Å². The van der Waals surface area contributed by atoms with Crippen molar-refractivity contribution in [1.82, 2.24) is 0 Å². The van der Waals surface area contributed by atoms with E-state index in [0.29, 0.717) is 27.9 Å². The van der Waals surface area contributed by atoms with Crippen molar-refractivity contribution in [2.75, 3.05) is 12.0 Å². The smallest absolute Gasteiger partial charge is 0.265 e. The van der Waals surface area contributed by atoms with Crippen LogP contribution < -0.4 is 10.1 Å². The Morgan fingerprint density at radius 2 is 1.74 bits per heavy atom. The standard InChI is InChI=1S/C20H15BrN2O4/c1-11-9-16-17-14(18(11)21)7-4-8-15(17)19(24)22(20(16)25)12-5-3-6-13(10-12)23(26)27-2/h3-10,26H,1-2H3/p+1. The lowest BCUT2D eigenvalue weighted by Crippen LogP contribution is -3.03. The summed E-state index contributed by atoms with van der Waals surface area (Å²) in [5, 5.41) is 11.0. The Balaban J connectivity index is 1.93. The van der Waals surface area contributed by atoms with Crippen LogP contribution in [0.15, 0.2) is 53.0 Å². The van der Waals surface area contributed by atoms with Crippen molar-refractivity contribution < 1.29 is 24.9 Å². The summed E-state index contributed by atoms with van der Waals surface area (Å²) in [6.07, 6.45) is 0. The largest absolute Gasteiger partial charge is 0.268 e. The van der Waals surface area contributed by atoms with Crippen LogP contribution in [0.4, 0.5) is 11.4 Å². The number of imide groups is 1. The van der Waals surface area contributed by atoms with E-state index in [-0.39, 0.29) is 5.23 Å². The summed E-state index contributed by atoms with van der Waals surface area (Å²) >= 11 is 3.56. The van der Waals surface area contributed by atoms with Crippen LogP contribution in [0.5, 0.6) is 0 Å². The molecule has 3 aromatic carbocycles. The lowest BCUT2D eigenvalue weighted by atomic mass is 9.92. The van der Waals surface area contributed by atoms with Gasteiger partial charge in [-0.05, 0) is 57.2 Å². The average Bonchev–Trinajstić information content (AvgIpc) is 2.69. The van der Waals surface area contributed by atoms with E-state index in [4.69, 9.17) is 4.84 Å². The molecule has 0 aliphatic carbocycles. The molecule has 2 N–H and O–H groups in total. The van der Waals surface area contributed by atoms with Gasteiger partial charge in [-0.25, -0.2) is 4.90 Å². The maximum atomic E-state index is 13.2. The molecule has 0 spiro atoms. The normalized spacial score (nSPS) is 14.7. The number of anilines is 1. The van der Waals surface area contributed by atoms with Crippen molar-refractivity contribution in [2.45, 2.75) is 6.92 Å². The quantitative estimate of drug-likeness (QED) is 0.497. The lowest BCUT2D eigenvalue weighted by molar-refractivity contribution is -1.19. The predicted molar refractivity (Wildman–Crippen MR) is 103 cm³/mol.